The molecular weight excluding hydrogens is 162 g/mol. The lowest BCUT2D eigenvalue weighted by molar-refractivity contribution is -0.146. The van der Waals surface area contributed by atoms with E-state index in [4.69, 9.17) is 6.48 Å². The topological polar surface area (TPSA) is 75.6 Å². The maximum atomic E-state index is 10.6. The fourth-order valence-electron chi connectivity index (χ4n) is 0.360. The zero-order valence-electron chi connectivity index (χ0n) is 8.25. The second-order valence-corrected chi connectivity index (χ2v) is 2.81. The van der Waals surface area contributed by atoms with Gasteiger partial charge in [0.25, 0.3) is 0 Å². The predicted molar refractivity (Wildman–Crippen MR) is 41.8 cm³/mol. The fourth-order valence-corrected chi connectivity index (χ4v) is 0.360. The van der Waals surface area contributed by atoms with Crippen LogP contribution in [0.2, 0.25) is 0 Å². The lowest BCUT2D eigenvalue weighted by atomic mass is 9.94. The average Bonchev–Trinajstić information content (AvgIpc) is 2.03. The number of rotatable bonds is 3. The van der Waals surface area contributed by atoms with Crippen LogP contribution in [0, 0.1) is 5.41 Å². The van der Waals surface area contributed by atoms with Gasteiger partial charge < -0.3 is 15.2 Å². The van der Waals surface area contributed by atoms with Gasteiger partial charge in [-0.1, -0.05) is 0 Å². The molecule has 1 atom stereocenters. The van der Waals surface area contributed by atoms with Gasteiger partial charge in [-0.2, -0.15) is 0 Å². The Hall–Kier alpha value is -1.26. The van der Waals surface area contributed by atoms with E-state index in [1.807, 2.05) is 0 Å². The largest absolute Gasteiger partial charge is 0.481 e. The third-order valence-corrected chi connectivity index (χ3v) is 1.29. The van der Waals surface area contributed by atoms with Crippen LogP contribution < -0.4 is 5.32 Å². The minimum Gasteiger partial charge on any atom is -0.481 e. The highest BCUT2D eigenvalue weighted by Crippen LogP contribution is 2.12. The number of carboxylic acid groups (broad SMARTS) is 1. The molecule has 0 aromatic heterocycles. The van der Waals surface area contributed by atoms with Gasteiger partial charge in [0, 0.05) is 6.52 Å². The number of methoxy groups -OCH3 is 1. The summed E-state index contributed by atoms with van der Waals surface area (Å²) in [4.78, 5) is 21.3. The Morgan fingerprint density at radius 3 is 2.50 bits per heavy atom. The van der Waals surface area contributed by atoms with E-state index in [1.165, 1.54) is 13.8 Å². The Morgan fingerprint density at radius 1 is 1.67 bits per heavy atom. The number of carbonyl (C=O) groups is 2. The second kappa shape index (κ2) is 3.94. The van der Waals surface area contributed by atoms with E-state index in [-0.39, 0.29) is 0 Å². The Labute approximate surface area is 72.1 Å². The summed E-state index contributed by atoms with van der Waals surface area (Å²) >= 11 is 0. The molecule has 2 N–H and O–H groups in total. The lowest BCUT2D eigenvalue weighted by Crippen LogP contribution is -2.38. The Balaban J connectivity index is 4.33. The monoisotopic (exact) mass is 176 g/mol. The predicted octanol–water partition coefficient (Wildman–Crippen LogP) is 0.453. The smallest absolute Gasteiger partial charge is 0.406 e. The highest BCUT2D eigenvalue weighted by Gasteiger charge is 2.27. The third-order valence-electron chi connectivity index (χ3n) is 1.29. The Bertz CT molecular complexity index is 217. The van der Waals surface area contributed by atoms with Gasteiger partial charge in [0.15, 0.2) is 0 Å². The summed E-state index contributed by atoms with van der Waals surface area (Å²) < 4.78 is 11.6. The molecule has 1 unspecified atom stereocenters. The summed E-state index contributed by atoms with van der Waals surface area (Å²) in [5.41, 5.74) is -1.34. The summed E-state index contributed by atoms with van der Waals surface area (Å²) in [6.45, 7) is 1.46. The number of ether oxygens (including phenoxy) is 1. The molecule has 0 rings (SSSR count). The van der Waals surface area contributed by atoms with Crippen molar-refractivity contribution in [3.05, 3.63) is 0 Å². The molecule has 5 nitrogen and oxygen atoms in total. The van der Waals surface area contributed by atoms with Crippen molar-refractivity contribution >= 4 is 12.1 Å². The van der Waals surface area contributed by atoms with Crippen LogP contribution in [-0.4, -0.2) is 30.8 Å². The first-order valence-electron chi connectivity index (χ1n) is 3.90. The molecule has 0 spiro atoms. The first-order valence-corrected chi connectivity index (χ1v) is 3.32. The molecular formula is C7H13NO4. The molecule has 0 radical (unpaired) electrons. The minimum absolute atomic E-state index is 0.811. The van der Waals surface area contributed by atoms with E-state index in [9.17, 15) is 9.59 Å². The highest BCUT2D eigenvalue weighted by atomic mass is 16.5. The van der Waals surface area contributed by atoms with Crippen LogP contribution in [0.5, 0.6) is 0 Å². The summed E-state index contributed by atoms with van der Waals surface area (Å²) in [5.74, 6) is -1.15. The normalized spacial score (nSPS) is 14.4. The van der Waals surface area contributed by atoms with Crippen LogP contribution in [0.3, 0.4) is 0 Å². The average molecular weight is 176 g/mol. The van der Waals surface area contributed by atoms with Gasteiger partial charge in [0.1, 0.15) is 0 Å². The van der Waals surface area contributed by atoms with Crippen molar-refractivity contribution in [2.45, 2.75) is 13.8 Å². The van der Waals surface area contributed by atoms with E-state index < -0.39 is 24.0 Å². The maximum Gasteiger partial charge on any atom is 0.406 e. The third kappa shape index (κ3) is 3.23. The zero-order valence-corrected chi connectivity index (χ0v) is 7.25. The van der Waals surface area contributed by atoms with Crippen molar-refractivity contribution in [2.75, 3.05) is 13.6 Å². The minimum atomic E-state index is -1.34. The first-order chi connectivity index (χ1) is 5.82. The zero-order chi connectivity index (χ0) is 10.6. The molecule has 0 bridgehead atoms. The van der Waals surface area contributed by atoms with Gasteiger partial charge in [-0.25, -0.2) is 4.79 Å². The molecule has 70 valence electrons. The number of alkyl carbamates (subject to hydrolysis) is 1. The van der Waals surface area contributed by atoms with E-state index in [2.05, 4.69) is 10.1 Å². The highest BCUT2D eigenvalue weighted by molar-refractivity contribution is 5.75. The van der Waals surface area contributed by atoms with Crippen molar-refractivity contribution in [2.24, 2.45) is 5.41 Å². The number of hydrogen-bond acceptors (Lipinski definition) is 3. The Kier molecular flexibility index (Phi) is 2.90. The van der Waals surface area contributed by atoms with Crippen LogP contribution >= 0.6 is 0 Å². The van der Waals surface area contributed by atoms with Gasteiger partial charge in [-0.3, -0.25) is 4.79 Å². The molecule has 5 heteroatoms. The molecule has 0 fully saturated rings. The van der Waals surface area contributed by atoms with Crippen LogP contribution in [0.15, 0.2) is 0 Å². The SMILES string of the molecule is [2H]C(NC(=O)OC)C(C)(C)C(=O)O. The van der Waals surface area contributed by atoms with Crippen LogP contribution in [0.4, 0.5) is 4.79 Å². The molecule has 0 saturated carbocycles. The first kappa shape index (κ1) is 8.83. The summed E-state index contributed by atoms with van der Waals surface area (Å²) in [6, 6.07) is 0. The Morgan fingerprint density at radius 2 is 2.17 bits per heavy atom. The molecule has 0 aliphatic carbocycles. The molecule has 0 saturated heterocycles. The molecule has 12 heavy (non-hydrogen) atoms. The quantitative estimate of drug-likeness (QED) is 0.654. The number of amides is 1. The van der Waals surface area contributed by atoms with Crippen molar-refractivity contribution in [1.82, 2.24) is 5.32 Å². The number of carbonyl (C=O) groups excluding carboxylic acids is 1. The standard InChI is InChI=1S/C7H13NO4/c1-7(2,5(9)10)4-8-6(11)12-3/h4H2,1-3H3,(H,8,11)(H,9,10)/i4D. The summed E-state index contributed by atoms with van der Waals surface area (Å²) in [5, 5.41) is 10.8. The van der Waals surface area contributed by atoms with Crippen molar-refractivity contribution < 1.29 is 20.8 Å². The van der Waals surface area contributed by atoms with Gasteiger partial charge in [-0.05, 0) is 13.8 Å². The van der Waals surface area contributed by atoms with Gasteiger partial charge in [0.2, 0.25) is 0 Å². The van der Waals surface area contributed by atoms with Crippen LogP contribution in [-0.2, 0) is 9.53 Å². The number of carboxylic acids is 1. The van der Waals surface area contributed by atoms with Crippen molar-refractivity contribution in [3.63, 3.8) is 0 Å². The van der Waals surface area contributed by atoms with Crippen molar-refractivity contribution in [1.29, 1.82) is 0 Å². The number of aliphatic carboxylic acids is 1. The van der Waals surface area contributed by atoms with Gasteiger partial charge in [-0.15, -0.1) is 0 Å². The molecule has 0 aromatic rings. The molecule has 0 aliphatic heterocycles. The number of nitrogens with one attached hydrogen (secondary N) is 1. The van der Waals surface area contributed by atoms with Crippen LogP contribution in [0.1, 0.15) is 15.2 Å². The molecule has 1 amide bonds. The van der Waals surface area contributed by atoms with Gasteiger partial charge >= 0.3 is 12.1 Å². The number of hydrogen-bond donors (Lipinski definition) is 2. The lowest BCUT2D eigenvalue weighted by Gasteiger charge is -2.18. The maximum absolute atomic E-state index is 10.6. The molecule has 0 heterocycles. The summed E-state index contributed by atoms with van der Waals surface area (Å²) in [6.07, 6.45) is -0.811. The van der Waals surface area contributed by atoms with Gasteiger partial charge in [0.05, 0.1) is 13.9 Å². The van der Waals surface area contributed by atoms with E-state index in [0.29, 0.717) is 0 Å². The molecule has 0 aliphatic rings. The van der Waals surface area contributed by atoms with Crippen molar-refractivity contribution in [3.8, 4) is 0 Å². The van der Waals surface area contributed by atoms with E-state index in [1.54, 1.807) is 0 Å². The molecule has 0 aromatic carbocycles. The second-order valence-electron chi connectivity index (χ2n) is 2.81. The van der Waals surface area contributed by atoms with E-state index in [0.717, 1.165) is 7.11 Å². The fraction of sp³-hybridized carbons (Fsp3) is 0.714. The summed E-state index contributed by atoms with van der Waals surface area (Å²) in [7, 11) is 1.15. The van der Waals surface area contributed by atoms with Crippen LogP contribution in [0.25, 0.3) is 0 Å². The van der Waals surface area contributed by atoms with E-state index >= 15 is 0 Å².